The zero-order valence-corrected chi connectivity index (χ0v) is 12.6. The van der Waals surface area contributed by atoms with Gasteiger partial charge in [-0.15, -0.1) is 12.4 Å². The first-order valence-corrected chi connectivity index (χ1v) is 7.27. The second-order valence-corrected chi connectivity index (χ2v) is 5.07. The van der Waals surface area contributed by atoms with Gasteiger partial charge in [0, 0.05) is 6.54 Å². The molecular formula is C13H21ClN2O2S. The fourth-order valence-electron chi connectivity index (χ4n) is 1.53. The Balaban J connectivity index is 0.00000324. The largest absolute Gasteiger partial charge is 0.392 e. The van der Waals surface area contributed by atoms with Crippen molar-refractivity contribution in [3.63, 3.8) is 0 Å². The smallest absolute Gasteiger partial charge is 0.237 e. The summed E-state index contributed by atoms with van der Waals surface area (Å²) in [7, 11) is 0. The molecule has 4 nitrogen and oxygen atoms in total. The number of nitrogens with one attached hydrogen (secondary N) is 1. The van der Waals surface area contributed by atoms with Crippen molar-refractivity contribution in [1.82, 2.24) is 5.32 Å². The lowest BCUT2D eigenvalue weighted by Gasteiger charge is -2.12. The van der Waals surface area contributed by atoms with E-state index in [1.807, 2.05) is 30.5 Å². The summed E-state index contributed by atoms with van der Waals surface area (Å²) in [5, 5.41) is 11.8. The Morgan fingerprint density at radius 2 is 2.16 bits per heavy atom. The number of hydrogen-bond donors (Lipinski definition) is 3. The van der Waals surface area contributed by atoms with Crippen LogP contribution in [-0.2, 0) is 17.9 Å². The van der Waals surface area contributed by atoms with Gasteiger partial charge in [0.1, 0.15) is 0 Å². The van der Waals surface area contributed by atoms with Gasteiger partial charge >= 0.3 is 0 Å². The highest BCUT2D eigenvalue weighted by Crippen LogP contribution is 2.05. The molecule has 0 unspecified atom stereocenters. The molecule has 0 spiro atoms. The zero-order chi connectivity index (χ0) is 13.4. The molecule has 108 valence electrons. The zero-order valence-electron chi connectivity index (χ0n) is 11.0. The molecule has 0 heterocycles. The molecule has 0 aliphatic rings. The highest BCUT2D eigenvalue weighted by molar-refractivity contribution is 7.98. The van der Waals surface area contributed by atoms with Crippen LogP contribution in [0.15, 0.2) is 24.3 Å². The van der Waals surface area contributed by atoms with E-state index in [1.54, 1.807) is 11.8 Å². The van der Waals surface area contributed by atoms with Crippen LogP contribution in [0.5, 0.6) is 0 Å². The Labute approximate surface area is 124 Å². The first-order chi connectivity index (χ1) is 8.67. The lowest BCUT2D eigenvalue weighted by molar-refractivity contribution is -0.122. The number of hydrogen-bond acceptors (Lipinski definition) is 4. The molecule has 1 aromatic rings. The van der Waals surface area contributed by atoms with Gasteiger partial charge in [-0.2, -0.15) is 11.8 Å². The van der Waals surface area contributed by atoms with Crippen molar-refractivity contribution in [3.05, 3.63) is 35.4 Å². The summed E-state index contributed by atoms with van der Waals surface area (Å²) in [6, 6.07) is 7.04. The molecule has 6 heteroatoms. The van der Waals surface area contributed by atoms with Crippen molar-refractivity contribution in [3.8, 4) is 0 Å². The van der Waals surface area contributed by atoms with E-state index in [0.29, 0.717) is 13.0 Å². The summed E-state index contributed by atoms with van der Waals surface area (Å²) in [4.78, 5) is 11.7. The van der Waals surface area contributed by atoms with Crippen LogP contribution in [0.1, 0.15) is 17.5 Å². The van der Waals surface area contributed by atoms with Crippen LogP contribution < -0.4 is 11.1 Å². The monoisotopic (exact) mass is 304 g/mol. The van der Waals surface area contributed by atoms with E-state index in [-0.39, 0.29) is 24.9 Å². The van der Waals surface area contributed by atoms with Crippen LogP contribution in [0.3, 0.4) is 0 Å². The molecule has 0 saturated heterocycles. The van der Waals surface area contributed by atoms with E-state index in [4.69, 9.17) is 10.8 Å². The second-order valence-electron chi connectivity index (χ2n) is 4.08. The number of halogens is 1. The van der Waals surface area contributed by atoms with Crippen LogP contribution >= 0.6 is 24.2 Å². The molecular weight excluding hydrogens is 284 g/mol. The Morgan fingerprint density at radius 3 is 2.79 bits per heavy atom. The molecule has 1 atom stereocenters. The topological polar surface area (TPSA) is 75.4 Å². The van der Waals surface area contributed by atoms with Crippen LogP contribution in [0.2, 0.25) is 0 Å². The van der Waals surface area contributed by atoms with Crippen LogP contribution in [-0.4, -0.2) is 29.1 Å². The van der Waals surface area contributed by atoms with E-state index >= 15 is 0 Å². The maximum Gasteiger partial charge on any atom is 0.237 e. The van der Waals surface area contributed by atoms with Crippen LogP contribution in [0, 0.1) is 0 Å². The van der Waals surface area contributed by atoms with Gasteiger partial charge in [0.25, 0.3) is 0 Å². The van der Waals surface area contributed by atoms with Crippen molar-refractivity contribution in [2.24, 2.45) is 5.73 Å². The minimum atomic E-state index is -0.446. The van der Waals surface area contributed by atoms with E-state index in [2.05, 4.69) is 5.32 Å². The average Bonchev–Trinajstić information content (AvgIpc) is 2.42. The molecule has 0 aliphatic heterocycles. The Kier molecular flexibility index (Phi) is 9.69. The number of rotatable bonds is 7. The summed E-state index contributed by atoms with van der Waals surface area (Å²) < 4.78 is 0. The highest BCUT2D eigenvalue weighted by atomic mass is 35.5. The highest BCUT2D eigenvalue weighted by Gasteiger charge is 2.12. The number of nitrogens with two attached hydrogens (primary N) is 1. The van der Waals surface area contributed by atoms with Crippen molar-refractivity contribution in [1.29, 1.82) is 0 Å². The summed E-state index contributed by atoms with van der Waals surface area (Å²) in [5.74, 6) is 0.757. The molecule has 0 radical (unpaired) electrons. The average molecular weight is 305 g/mol. The van der Waals surface area contributed by atoms with Crippen molar-refractivity contribution < 1.29 is 9.90 Å². The molecule has 1 amide bonds. The molecule has 0 fully saturated rings. The fourth-order valence-corrected chi connectivity index (χ4v) is 2.02. The fraction of sp³-hybridized carbons (Fsp3) is 0.462. The van der Waals surface area contributed by atoms with Crippen molar-refractivity contribution in [2.75, 3.05) is 12.0 Å². The SMILES string of the molecule is CSCC[C@H](N)C(=O)NCc1cccc(CO)c1.Cl. The second kappa shape index (κ2) is 10.1. The standard InChI is InChI=1S/C13H20N2O2S.ClH/c1-18-6-5-12(14)13(17)15-8-10-3-2-4-11(7-10)9-16;/h2-4,7,12,16H,5-6,8-9,14H2,1H3,(H,15,17);1H/t12-;/m0./s1. The van der Waals surface area contributed by atoms with Gasteiger partial charge in [0.05, 0.1) is 12.6 Å². The van der Waals surface area contributed by atoms with E-state index in [1.165, 1.54) is 0 Å². The van der Waals surface area contributed by atoms with Crippen LogP contribution in [0.4, 0.5) is 0 Å². The van der Waals surface area contributed by atoms with Gasteiger partial charge in [-0.05, 0) is 29.6 Å². The third-order valence-electron chi connectivity index (χ3n) is 2.61. The summed E-state index contributed by atoms with van der Waals surface area (Å²) in [6.07, 6.45) is 2.68. The predicted molar refractivity (Wildman–Crippen MR) is 82.4 cm³/mol. The first kappa shape index (κ1) is 18.2. The third-order valence-corrected chi connectivity index (χ3v) is 3.25. The first-order valence-electron chi connectivity index (χ1n) is 5.88. The lowest BCUT2D eigenvalue weighted by atomic mass is 10.1. The van der Waals surface area contributed by atoms with Gasteiger partial charge < -0.3 is 16.2 Å². The molecule has 1 aromatic carbocycles. The normalized spacial score (nSPS) is 11.5. The lowest BCUT2D eigenvalue weighted by Crippen LogP contribution is -2.40. The molecule has 0 saturated carbocycles. The van der Waals surface area contributed by atoms with Gasteiger partial charge in [-0.3, -0.25) is 4.79 Å². The van der Waals surface area contributed by atoms with Gasteiger partial charge in [-0.1, -0.05) is 24.3 Å². The third kappa shape index (κ3) is 6.82. The Bertz CT molecular complexity index is 391. The van der Waals surface area contributed by atoms with Gasteiger partial charge in [0.15, 0.2) is 0 Å². The number of amides is 1. The van der Waals surface area contributed by atoms with Crippen LogP contribution in [0.25, 0.3) is 0 Å². The Morgan fingerprint density at radius 1 is 1.47 bits per heavy atom. The van der Waals surface area contributed by atoms with E-state index in [0.717, 1.165) is 16.9 Å². The molecule has 1 rings (SSSR count). The van der Waals surface area contributed by atoms with Crippen molar-refractivity contribution in [2.45, 2.75) is 25.6 Å². The number of benzene rings is 1. The molecule has 0 aromatic heterocycles. The van der Waals surface area contributed by atoms with Crippen molar-refractivity contribution >= 4 is 30.1 Å². The molecule has 0 aliphatic carbocycles. The number of aliphatic hydroxyl groups is 1. The summed E-state index contributed by atoms with van der Waals surface area (Å²) >= 11 is 1.68. The summed E-state index contributed by atoms with van der Waals surface area (Å²) in [5.41, 5.74) is 7.56. The number of aliphatic hydroxyl groups excluding tert-OH is 1. The van der Waals surface area contributed by atoms with E-state index < -0.39 is 6.04 Å². The summed E-state index contributed by atoms with van der Waals surface area (Å²) in [6.45, 7) is 0.453. The quantitative estimate of drug-likeness (QED) is 0.710. The number of thioether (sulfide) groups is 1. The maximum atomic E-state index is 11.7. The van der Waals surface area contributed by atoms with Gasteiger partial charge in [0.2, 0.25) is 5.91 Å². The van der Waals surface area contributed by atoms with E-state index in [9.17, 15) is 4.79 Å². The molecule has 4 N–H and O–H groups in total. The predicted octanol–water partition coefficient (Wildman–Crippen LogP) is 1.30. The minimum absolute atomic E-state index is 0. The molecule has 0 bridgehead atoms. The number of carbonyl (C=O) groups is 1. The maximum absolute atomic E-state index is 11.7. The Hall–Kier alpha value is -0.750. The van der Waals surface area contributed by atoms with Gasteiger partial charge in [-0.25, -0.2) is 0 Å². The molecule has 19 heavy (non-hydrogen) atoms. The minimum Gasteiger partial charge on any atom is -0.392 e. The number of carbonyl (C=O) groups excluding carboxylic acids is 1.